The molecule has 0 fully saturated rings. The number of aromatic nitrogens is 1. The topological polar surface area (TPSA) is 34.0 Å². The summed E-state index contributed by atoms with van der Waals surface area (Å²) < 4.78 is 1.80. The van der Waals surface area contributed by atoms with Gasteiger partial charge in [0.05, 0.1) is 0 Å². The van der Waals surface area contributed by atoms with E-state index in [1.54, 1.807) is 4.57 Å². The summed E-state index contributed by atoms with van der Waals surface area (Å²) in [5, 5.41) is 2.84. The Morgan fingerprint density at radius 2 is 1.89 bits per heavy atom. The highest BCUT2D eigenvalue weighted by molar-refractivity contribution is 7.18. The molecule has 0 saturated carbocycles. The van der Waals surface area contributed by atoms with Gasteiger partial charge in [0.1, 0.15) is 5.69 Å². The fraction of sp³-hybridized carbons (Fsp3) is 0.214. The predicted octanol–water partition coefficient (Wildman–Crippen LogP) is 2.66. The van der Waals surface area contributed by atoms with Crippen LogP contribution in [0.5, 0.6) is 0 Å². The van der Waals surface area contributed by atoms with Gasteiger partial charge in [-0.15, -0.1) is 0 Å². The van der Waals surface area contributed by atoms with Crippen molar-refractivity contribution in [1.29, 1.82) is 0 Å². The summed E-state index contributed by atoms with van der Waals surface area (Å²) >= 11 is 0. The molecule has 4 heteroatoms. The Hall–Kier alpha value is -1.60. The van der Waals surface area contributed by atoms with Crippen LogP contribution in [0, 0.1) is 0 Å². The second-order valence-electron chi connectivity index (χ2n) is 4.09. The molecular weight excluding hydrogens is 243 g/mol. The minimum Gasteiger partial charge on any atom is -0.365 e. The summed E-state index contributed by atoms with van der Waals surface area (Å²) in [5.41, 5.74) is 2.89. The zero-order chi connectivity index (χ0) is 13.0. The summed E-state index contributed by atoms with van der Waals surface area (Å²) in [5.74, 6) is 0. The Balaban J connectivity index is 2.40. The molecular formula is C14H17N2OP. The van der Waals surface area contributed by atoms with Crippen LogP contribution >= 0.6 is 9.39 Å². The van der Waals surface area contributed by atoms with E-state index in [0.29, 0.717) is 12.2 Å². The second-order valence-corrected chi connectivity index (χ2v) is 4.38. The zero-order valence-electron chi connectivity index (χ0n) is 10.4. The molecule has 2 rings (SSSR count). The van der Waals surface area contributed by atoms with E-state index >= 15 is 0 Å². The number of nitrogens with one attached hydrogen (secondary N) is 1. The minimum atomic E-state index is 0.0286. The number of nitrogens with zero attached hydrogens (tertiary/aromatic N) is 1. The highest BCUT2D eigenvalue weighted by Crippen LogP contribution is 2.11. The summed E-state index contributed by atoms with van der Waals surface area (Å²) in [6.45, 7) is 2.67. The molecule has 1 aromatic heterocycles. The van der Waals surface area contributed by atoms with Crippen molar-refractivity contribution in [3.05, 3.63) is 64.1 Å². The van der Waals surface area contributed by atoms with Crippen LogP contribution in [0.25, 0.3) is 0 Å². The number of anilines is 1. The lowest BCUT2D eigenvalue weighted by Crippen LogP contribution is -2.24. The quantitative estimate of drug-likeness (QED) is 0.857. The van der Waals surface area contributed by atoms with E-state index in [1.807, 2.05) is 37.3 Å². The van der Waals surface area contributed by atoms with E-state index in [1.165, 1.54) is 5.56 Å². The molecule has 1 atom stereocenters. The van der Waals surface area contributed by atoms with Crippen molar-refractivity contribution < 1.29 is 0 Å². The van der Waals surface area contributed by atoms with Gasteiger partial charge in [-0.1, -0.05) is 30.3 Å². The molecule has 3 nitrogen and oxygen atoms in total. The highest BCUT2D eigenvalue weighted by Gasteiger charge is 2.06. The van der Waals surface area contributed by atoms with Crippen molar-refractivity contribution in [2.45, 2.75) is 19.9 Å². The smallest absolute Gasteiger partial charge is 0.274 e. The standard InChI is InChI=1S/C14H17N2OP/c1-2-16-12(8-9-13(15-18)14(16)17)10-11-6-4-3-5-7-11/h3-9,15H,2,10,18H2,1H3. The van der Waals surface area contributed by atoms with Gasteiger partial charge in [0.15, 0.2) is 0 Å². The monoisotopic (exact) mass is 260 g/mol. The van der Waals surface area contributed by atoms with Crippen LogP contribution in [0.2, 0.25) is 0 Å². The normalized spacial score (nSPS) is 10.3. The molecule has 0 spiro atoms. The first-order chi connectivity index (χ1) is 8.76. The van der Waals surface area contributed by atoms with E-state index in [9.17, 15) is 4.79 Å². The lowest BCUT2D eigenvalue weighted by Gasteiger charge is -2.12. The third-order valence-corrected chi connectivity index (χ3v) is 3.28. The molecule has 18 heavy (non-hydrogen) atoms. The molecule has 1 heterocycles. The van der Waals surface area contributed by atoms with Gasteiger partial charge >= 0.3 is 0 Å². The largest absolute Gasteiger partial charge is 0.365 e. The van der Waals surface area contributed by atoms with Crippen LogP contribution in [0.3, 0.4) is 0 Å². The molecule has 0 aliphatic rings. The van der Waals surface area contributed by atoms with Crippen LogP contribution in [0.1, 0.15) is 18.2 Å². The summed E-state index contributed by atoms with van der Waals surface area (Å²) in [4.78, 5) is 12.1. The van der Waals surface area contributed by atoms with Gasteiger partial charge in [-0.2, -0.15) is 0 Å². The van der Waals surface area contributed by atoms with E-state index in [-0.39, 0.29) is 5.56 Å². The number of pyridine rings is 1. The molecule has 1 unspecified atom stereocenters. The first-order valence-corrected chi connectivity index (χ1v) is 6.57. The molecule has 1 aromatic carbocycles. The van der Waals surface area contributed by atoms with E-state index in [0.717, 1.165) is 12.1 Å². The van der Waals surface area contributed by atoms with E-state index < -0.39 is 0 Å². The minimum absolute atomic E-state index is 0.0286. The third kappa shape index (κ3) is 2.62. The van der Waals surface area contributed by atoms with Gasteiger partial charge in [0.2, 0.25) is 0 Å². The Bertz CT molecular complexity index is 578. The lowest BCUT2D eigenvalue weighted by atomic mass is 10.1. The number of hydrogen-bond acceptors (Lipinski definition) is 2. The predicted molar refractivity (Wildman–Crippen MR) is 79.0 cm³/mol. The van der Waals surface area contributed by atoms with Crippen LogP contribution < -0.4 is 10.6 Å². The SMILES string of the molecule is CCn1c(Cc2ccccc2)ccc(NP)c1=O. The molecule has 0 radical (unpaired) electrons. The van der Waals surface area contributed by atoms with Crippen molar-refractivity contribution in [3.8, 4) is 0 Å². The van der Waals surface area contributed by atoms with Crippen LogP contribution in [-0.4, -0.2) is 4.57 Å². The summed E-state index contributed by atoms with van der Waals surface area (Å²) in [6.07, 6.45) is 0.779. The van der Waals surface area contributed by atoms with Crippen LogP contribution in [0.15, 0.2) is 47.3 Å². The molecule has 0 bridgehead atoms. The molecule has 0 aliphatic heterocycles. The van der Waals surface area contributed by atoms with Gasteiger partial charge in [-0.3, -0.25) is 4.79 Å². The molecule has 1 N–H and O–H groups in total. The Morgan fingerprint density at radius 3 is 2.50 bits per heavy atom. The fourth-order valence-corrected chi connectivity index (χ4v) is 2.25. The summed E-state index contributed by atoms with van der Waals surface area (Å²) in [7, 11) is 2.36. The highest BCUT2D eigenvalue weighted by atomic mass is 31.0. The Morgan fingerprint density at radius 1 is 1.17 bits per heavy atom. The van der Waals surface area contributed by atoms with Crippen molar-refractivity contribution >= 4 is 15.1 Å². The van der Waals surface area contributed by atoms with Crippen molar-refractivity contribution in [2.24, 2.45) is 0 Å². The number of hydrogen-bond donors (Lipinski definition) is 1. The molecule has 0 saturated heterocycles. The van der Waals surface area contributed by atoms with Gasteiger partial charge < -0.3 is 9.65 Å². The van der Waals surface area contributed by atoms with Gasteiger partial charge in [0.25, 0.3) is 5.56 Å². The van der Waals surface area contributed by atoms with Gasteiger partial charge in [-0.05, 0) is 34.0 Å². The number of benzene rings is 1. The lowest BCUT2D eigenvalue weighted by molar-refractivity contribution is 0.689. The first-order valence-electron chi connectivity index (χ1n) is 5.99. The fourth-order valence-electron chi connectivity index (χ4n) is 2.03. The molecule has 0 amide bonds. The van der Waals surface area contributed by atoms with Crippen molar-refractivity contribution in [2.75, 3.05) is 5.09 Å². The first kappa shape index (κ1) is 12.8. The zero-order valence-corrected chi connectivity index (χ0v) is 11.5. The van der Waals surface area contributed by atoms with Crippen LogP contribution in [0.4, 0.5) is 5.69 Å². The molecule has 0 aliphatic carbocycles. The second kappa shape index (κ2) is 5.83. The van der Waals surface area contributed by atoms with E-state index in [2.05, 4.69) is 26.6 Å². The summed E-state index contributed by atoms with van der Waals surface area (Å²) in [6, 6.07) is 14.0. The van der Waals surface area contributed by atoms with Crippen molar-refractivity contribution in [1.82, 2.24) is 4.57 Å². The van der Waals surface area contributed by atoms with Gasteiger partial charge in [-0.25, -0.2) is 0 Å². The van der Waals surface area contributed by atoms with E-state index in [4.69, 9.17) is 0 Å². The number of rotatable bonds is 4. The van der Waals surface area contributed by atoms with Gasteiger partial charge in [0, 0.05) is 18.7 Å². The average molecular weight is 260 g/mol. The molecule has 2 aromatic rings. The maximum atomic E-state index is 12.1. The third-order valence-electron chi connectivity index (χ3n) is 2.96. The maximum absolute atomic E-state index is 12.1. The Labute approximate surface area is 109 Å². The Kier molecular flexibility index (Phi) is 4.16. The van der Waals surface area contributed by atoms with Crippen molar-refractivity contribution in [3.63, 3.8) is 0 Å². The maximum Gasteiger partial charge on any atom is 0.274 e. The molecule has 94 valence electrons. The van der Waals surface area contributed by atoms with Crippen LogP contribution in [-0.2, 0) is 13.0 Å². The average Bonchev–Trinajstić information content (AvgIpc) is 2.40.